The highest BCUT2D eigenvalue weighted by atomic mass is 19.1. The van der Waals surface area contributed by atoms with E-state index in [1.54, 1.807) is 12.1 Å². The molecule has 1 aliphatic rings. The van der Waals surface area contributed by atoms with E-state index in [0.717, 1.165) is 13.0 Å². The highest BCUT2D eigenvalue weighted by Crippen LogP contribution is 2.22. The van der Waals surface area contributed by atoms with Gasteiger partial charge in [0.25, 0.3) is 5.91 Å². The van der Waals surface area contributed by atoms with Crippen LogP contribution in [-0.2, 0) is 0 Å². The smallest absolute Gasteiger partial charge is 0.256 e. The lowest BCUT2D eigenvalue weighted by Gasteiger charge is -2.38. The molecule has 2 rings (SSSR count). The molecule has 5 heteroatoms. The van der Waals surface area contributed by atoms with E-state index in [1.807, 2.05) is 11.8 Å². The number of anilines is 1. The number of benzene rings is 1. The van der Waals surface area contributed by atoms with Crippen molar-refractivity contribution >= 4 is 11.6 Å². The van der Waals surface area contributed by atoms with Crippen LogP contribution in [0.15, 0.2) is 18.2 Å². The van der Waals surface area contributed by atoms with Crippen molar-refractivity contribution in [2.24, 2.45) is 0 Å². The summed E-state index contributed by atoms with van der Waals surface area (Å²) in [5.41, 5.74) is 0.760. The quantitative estimate of drug-likeness (QED) is 0.926. The van der Waals surface area contributed by atoms with Crippen LogP contribution >= 0.6 is 0 Å². The molecule has 21 heavy (non-hydrogen) atoms. The molecule has 1 aromatic carbocycles. The summed E-state index contributed by atoms with van der Waals surface area (Å²) in [6.07, 6.45) is 0.882. The third-order valence-electron chi connectivity index (χ3n) is 4.04. The van der Waals surface area contributed by atoms with E-state index in [2.05, 4.69) is 24.2 Å². The number of hydrogen-bond donors (Lipinski definition) is 1. The molecule has 1 aromatic rings. The summed E-state index contributed by atoms with van der Waals surface area (Å²) < 4.78 is 14.0. The maximum Gasteiger partial charge on any atom is 0.256 e. The number of piperazine rings is 1. The SMILES string of the molecule is CCCNc1c(F)cccc1C(=O)N1CCN(C)C(C)C1. The fraction of sp³-hybridized carbons (Fsp3) is 0.562. The molecule has 4 nitrogen and oxygen atoms in total. The van der Waals surface area contributed by atoms with Gasteiger partial charge in [0.15, 0.2) is 0 Å². The van der Waals surface area contributed by atoms with E-state index in [-0.39, 0.29) is 11.7 Å². The van der Waals surface area contributed by atoms with Gasteiger partial charge in [-0.25, -0.2) is 4.39 Å². The number of nitrogens with zero attached hydrogens (tertiary/aromatic N) is 2. The van der Waals surface area contributed by atoms with E-state index < -0.39 is 0 Å². The first-order valence-electron chi connectivity index (χ1n) is 7.56. The Morgan fingerprint density at radius 1 is 1.43 bits per heavy atom. The molecule has 1 saturated heterocycles. The van der Waals surface area contributed by atoms with Crippen LogP contribution in [0.2, 0.25) is 0 Å². The molecule has 0 bridgehead atoms. The molecule has 1 atom stereocenters. The second-order valence-corrected chi connectivity index (χ2v) is 5.67. The van der Waals surface area contributed by atoms with Gasteiger partial charge in [-0.05, 0) is 32.5 Å². The standard InChI is InChI=1S/C16H24FN3O/c1-4-8-18-15-13(6-5-7-14(15)17)16(21)20-10-9-19(3)12(2)11-20/h5-7,12,18H,4,8-11H2,1-3H3. The molecule has 116 valence electrons. The van der Waals surface area contributed by atoms with Gasteiger partial charge in [-0.2, -0.15) is 0 Å². The molecule has 1 N–H and O–H groups in total. The molecule has 0 aromatic heterocycles. The Bertz CT molecular complexity index is 506. The second-order valence-electron chi connectivity index (χ2n) is 5.67. The first-order valence-corrected chi connectivity index (χ1v) is 7.56. The molecule has 1 unspecified atom stereocenters. The first kappa shape index (κ1) is 15.8. The third kappa shape index (κ3) is 3.53. The maximum absolute atomic E-state index is 14.0. The Labute approximate surface area is 125 Å². The molecule has 0 saturated carbocycles. The molecule has 0 aliphatic carbocycles. The maximum atomic E-state index is 14.0. The van der Waals surface area contributed by atoms with Crippen molar-refractivity contribution in [1.29, 1.82) is 0 Å². The lowest BCUT2D eigenvalue weighted by Crippen LogP contribution is -2.52. The Kier molecular flexibility index (Phi) is 5.17. The average molecular weight is 293 g/mol. The zero-order valence-electron chi connectivity index (χ0n) is 13.0. The van der Waals surface area contributed by atoms with E-state index >= 15 is 0 Å². The summed E-state index contributed by atoms with van der Waals surface area (Å²) in [5, 5.41) is 3.04. The van der Waals surface area contributed by atoms with Gasteiger partial charge in [-0.15, -0.1) is 0 Å². The Morgan fingerprint density at radius 2 is 2.19 bits per heavy atom. The van der Waals surface area contributed by atoms with Gasteiger partial charge in [0.1, 0.15) is 5.82 Å². The summed E-state index contributed by atoms with van der Waals surface area (Å²) in [6, 6.07) is 5.01. The summed E-state index contributed by atoms with van der Waals surface area (Å²) >= 11 is 0. The van der Waals surface area contributed by atoms with Gasteiger partial charge in [-0.3, -0.25) is 4.79 Å². The minimum Gasteiger partial charge on any atom is -0.382 e. The molecular weight excluding hydrogens is 269 g/mol. The largest absolute Gasteiger partial charge is 0.382 e. The second kappa shape index (κ2) is 6.89. The number of para-hydroxylation sites is 1. The van der Waals surface area contributed by atoms with Crippen molar-refractivity contribution in [3.05, 3.63) is 29.6 Å². The fourth-order valence-corrected chi connectivity index (χ4v) is 2.54. The topological polar surface area (TPSA) is 35.6 Å². The predicted molar refractivity (Wildman–Crippen MR) is 83.2 cm³/mol. The third-order valence-corrected chi connectivity index (χ3v) is 4.04. The number of amides is 1. The Hall–Kier alpha value is -1.62. The van der Waals surface area contributed by atoms with E-state index in [0.29, 0.717) is 36.9 Å². The van der Waals surface area contributed by atoms with Gasteiger partial charge in [-0.1, -0.05) is 13.0 Å². The lowest BCUT2D eigenvalue weighted by atomic mass is 10.1. The lowest BCUT2D eigenvalue weighted by molar-refractivity contribution is 0.0573. The number of rotatable bonds is 4. The number of carbonyl (C=O) groups is 1. The van der Waals surface area contributed by atoms with Gasteiger partial charge >= 0.3 is 0 Å². The molecule has 1 aliphatic heterocycles. The molecule has 0 radical (unpaired) electrons. The number of carbonyl (C=O) groups excluding carboxylic acids is 1. The highest BCUT2D eigenvalue weighted by Gasteiger charge is 2.27. The van der Waals surface area contributed by atoms with E-state index in [4.69, 9.17) is 0 Å². The van der Waals surface area contributed by atoms with Crippen LogP contribution in [-0.4, -0.2) is 55.0 Å². The van der Waals surface area contributed by atoms with Crippen LogP contribution in [0.4, 0.5) is 10.1 Å². The van der Waals surface area contributed by atoms with Crippen molar-refractivity contribution < 1.29 is 9.18 Å². The molecule has 0 spiro atoms. The zero-order chi connectivity index (χ0) is 15.4. The Morgan fingerprint density at radius 3 is 2.86 bits per heavy atom. The van der Waals surface area contributed by atoms with Crippen LogP contribution in [0, 0.1) is 5.82 Å². The minimum absolute atomic E-state index is 0.0898. The summed E-state index contributed by atoms with van der Waals surface area (Å²) in [6.45, 7) is 6.97. The van der Waals surface area contributed by atoms with Crippen molar-refractivity contribution in [2.45, 2.75) is 26.3 Å². The van der Waals surface area contributed by atoms with Gasteiger partial charge in [0.05, 0.1) is 11.3 Å². The van der Waals surface area contributed by atoms with Crippen LogP contribution < -0.4 is 5.32 Å². The Balaban J connectivity index is 2.20. The summed E-state index contributed by atoms with van der Waals surface area (Å²) in [5.74, 6) is -0.454. The van der Waals surface area contributed by atoms with Crippen molar-refractivity contribution in [3.8, 4) is 0 Å². The van der Waals surface area contributed by atoms with E-state index in [9.17, 15) is 9.18 Å². The van der Waals surface area contributed by atoms with Crippen LogP contribution in [0.1, 0.15) is 30.6 Å². The molecule has 1 fully saturated rings. The van der Waals surface area contributed by atoms with Crippen molar-refractivity contribution in [3.63, 3.8) is 0 Å². The monoisotopic (exact) mass is 293 g/mol. The van der Waals surface area contributed by atoms with Gasteiger partial charge in [0, 0.05) is 32.2 Å². The number of likely N-dealkylation sites (N-methyl/N-ethyl adjacent to an activating group) is 1. The number of nitrogens with one attached hydrogen (secondary N) is 1. The summed E-state index contributed by atoms with van der Waals surface area (Å²) in [4.78, 5) is 16.7. The predicted octanol–water partition coefficient (Wildman–Crippen LogP) is 2.42. The van der Waals surface area contributed by atoms with Gasteiger partial charge in [0.2, 0.25) is 0 Å². The molecular formula is C16H24FN3O. The van der Waals surface area contributed by atoms with Crippen molar-refractivity contribution in [2.75, 3.05) is 38.5 Å². The fourth-order valence-electron chi connectivity index (χ4n) is 2.54. The van der Waals surface area contributed by atoms with Crippen molar-refractivity contribution in [1.82, 2.24) is 9.80 Å². The van der Waals surface area contributed by atoms with E-state index in [1.165, 1.54) is 6.07 Å². The number of halogens is 1. The molecule has 1 amide bonds. The minimum atomic E-state index is -0.364. The number of hydrogen-bond acceptors (Lipinski definition) is 3. The van der Waals surface area contributed by atoms with Crippen LogP contribution in [0.3, 0.4) is 0 Å². The normalized spacial score (nSPS) is 19.6. The van der Waals surface area contributed by atoms with Crippen LogP contribution in [0.25, 0.3) is 0 Å². The summed E-state index contributed by atoms with van der Waals surface area (Å²) in [7, 11) is 2.06. The van der Waals surface area contributed by atoms with Gasteiger partial charge < -0.3 is 15.1 Å². The highest BCUT2D eigenvalue weighted by molar-refractivity contribution is 5.99. The zero-order valence-corrected chi connectivity index (χ0v) is 13.0. The van der Waals surface area contributed by atoms with Crippen LogP contribution in [0.5, 0.6) is 0 Å². The average Bonchev–Trinajstić information content (AvgIpc) is 2.48. The molecule has 1 heterocycles. The first-order chi connectivity index (χ1) is 10.0.